The van der Waals surface area contributed by atoms with E-state index in [1.54, 1.807) is 0 Å². The van der Waals surface area contributed by atoms with E-state index in [-0.39, 0.29) is 24.0 Å². The van der Waals surface area contributed by atoms with Crippen LogP contribution in [0.1, 0.15) is 63.4 Å². The zero-order chi connectivity index (χ0) is 17.9. The van der Waals surface area contributed by atoms with Crippen LogP contribution in [0.4, 0.5) is 0 Å². The van der Waals surface area contributed by atoms with Crippen LogP contribution in [-0.4, -0.2) is 33.4 Å². The molecule has 1 fully saturated rings. The number of amides is 1. The zero-order valence-electron chi connectivity index (χ0n) is 15.9. The maximum atomic E-state index is 12.4. The van der Waals surface area contributed by atoms with E-state index in [9.17, 15) is 9.90 Å². The van der Waals surface area contributed by atoms with Crippen LogP contribution in [0.15, 0.2) is 0 Å². The van der Waals surface area contributed by atoms with Gasteiger partial charge in [0.25, 0.3) is 0 Å². The fraction of sp³-hybridized carbons (Fsp3) is 0.789. The summed E-state index contributed by atoms with van der Waals surface area (Å²) in [4.78, 5) is 12.4. The molecular formula is C19H33N3O2. The summed E-state index contributed by atoms with van der Waals surface area (Å²) in [5, 5.41) is 17.4. The van der Waals surface area contributed by atoms with Gasteiger partial charge >= 0.3 is 0 Å². The smallest absolute Gasteiger partial charge is 0.220 e. The van der Waals surface area contributed by atoms with Gasteiger partial charge in [0.05, 0.1) is 12.3 Å². The third-order valence-corrected chi connectivity index (χ3v) is 5.45. The molecule has 0 radical (unpaired) electrons. The van der Waals surface area contributed by atoms with Crippen LogP contribution < -0.4 is 5.32 Å². The molecule has 0 aliphatic heterocycles. The molecule has 1 amide bonds. The van der Waals surface area contributed by atoms with E-state index in [1.807, 2.05) is 6.92 Å². The Kier molecular flexibility index (Phi) is 6.07. The van der Waals surface area contributed by atoms with Gasteiger partial charge < -0.3 is 10.4 Å². The van der Waals surface area contributed by atoms with Gasteiger partial charge in [-0.1, -0.05) is 27.2 Å². The van der Waals surface area contributed by atoms with E-state index in [0.717, 1.165) is 37.9 Å². The quantitative estimate of drug-likeness (QED) is 0.805. The molecule has 1 heterocycles. The topological polar surface area (TPSA) is 67.2 Å². The summed E-state index contributed by atoms with van der Waals surface area (Å²) in [5.41, 5.74) is 3.24. The lowest BCUT2D eigenvalue weighted by atomic mass is 9.85. The highest BCUT2D eigenvalue weighted by molar-refractivity contribution is 5.76. The molecule has 2 unspecified atom stereocenters. The average molecular weight is 335 g/mol. The van der Waals surface area contributed by atoms with E-state index in [4.69, 9.17) is 0 Å². The van der Waals surface area contributed by atoms with Crippen molar-refractivity contribution >= 4 is 5.91 Å². The van der Waals surface area contributed by atoms with Gasteiger partial charge in [0.1, 0.15) is 0 Å². The molecule has 2 atom stereocenters. The standard InChI is InChI=1S/C19H33N3O2/c1-13(2)11-22-15(4)16(14(3)21-22)8-9-18(24)20-17-7-6-10-19(17,5)12-23/h13,17,23H,6-12H2,1-5H3,(H,20,24). The molecule has 2 rings (SSSR count). The molecule has 0 bridgehead atoms. The minimum Gasteiger partial charge on any atom is -0.396 e. The molecular weight excluding hydrogens is 302 g/mol. The van der Waals surface area contributed by atoms with Crippen molar-refractivity contribution in [2.45, 2.75) is 79.3 Å². The number of aliphatic hydroxyl groups is 1. The Bertz CT molecular complexity index is 579. The van der Waals surface area contributed by atoms with Gasteiger partial charge in [-0.3, -0.25) is 9.48 Å². The van der Waals surface area contributed by atoms with Gasteiger partial charge in [-0.25, -0.2) is 0 Å². The third-order valence-electron chi connectivity index (χ3n) is 5.45. The molecule has 2 N–H and O–H groups in total. The van der Waals surface area contributed by atoms with Crippen molar-refractivity contribution in [3.63, 3.8) is 0 Å². The van der Waals surface area contributed by atoms with Crippen molar-refractivity contribution < 1.29 is 9.90 Å². The van der Waals surface area contributed by atoms with Crippen molar-refractivity contribution in [3.8, 4) is 0 Å². The second-order valence-corrected chi connectivity index (χ2v) is 8.05. The van der Waals surface area contributed by atoms with Crippen LogP contribution in [0.5, 0.6) is 0 Å². The molecule has 5 heteroatoms. The number of carbonyl (C=O) groups excluding carboxylic acids is 1. The lowest BCUT2D eigenvalue weighted by Crippen LogP contribution is -2.44. The van der Waals surface area contributed by atoms with Crippen LogP contribution >= 0.6 is 0 Å². The first-order valence-electron chi connectivity index (χ1n) is 9.20. The maximum Gasteiger partial charge on any atom is 0.220 e. The summed E-state index contributed by atoms with van der Waals surface area (Å²) in [6, 6.07) is 0.0980. The fourth-order valence-corrected chi connectivity index (χ4v) is 3.79. The zero-order valence-corrected chi connectivity index (χ0v) is 15.9. The van der Waals surface area contributed by atoms with Crippen molar-refractivity contribution in [1.82, 2.24) is 15.1 Å². The van der Waals surface area contributed by atoms with Crippen molar-refractivity contribution in [1.29, 1.82) is 0 Å². The number of aliphatic hydroxyl groups excluding tert-OH is 1. The van der Waals surface area contributed by atoms with Gasteiger partial charge in [-0.05, 0) is 44.6 Å². The first kappa shape index (κ1) is 19.0. The van der Waals surface area contributed by atoms with Gasteiger partial charge in [0.2, 0.25) is 5.91 Å². The predicted molar refractivity (Wildman–Crippen MR) is 95.8 cm³/mol. The van der Waals surface area contributed by atoms with Crippen molar-refractivity contribution in [2.24, 2.45) is 11.3 Å². The van der Waals surface area contributed by atoms with Crippen LogP contribution in [0.2, 0.25) is 0 Å². The van der Waals surface area contributed by atoms with Gasteiger partial charge in [0, 0.05) is 30.1 Å². The van der Waals surface area contributed by atoms with Gasteiger partial charge in [0.15, 0.2) is 0 Å². The highest BCUT2D eigenvalue weighted by Crippen LogP contribution is 2.37. The molecule has 0 saturated heterocycles. The van der Waals surface area contributed by atoms with Crippen molar-refractivity contribution in [2.75, 3.05) is 6.61 Å². The Morgan fingerprint density at radius 2 is 2.17 bits per heavy atom. The number of carbonyl (C=O) groups is 1. The lowest BCUT2D eigenvalue weighted by Gasteiger charge is -2.30. The normalized spacial score (nSPS) is 23.9. The monoisotopic (exact) mass is 335 g/mol. The van der Waals surface area contributed by atoms with E-state index in [1.165, 1.54) is 11.3 Å². The summed E-state index contributed by atoms with van der Waals surface area (Å²) in [6.07, 6.45) is 4.22. The molecule has 1 saturated carbocycles. The number of hydrogen-bond donors (Lipinski definition) is 2. The molecule has 136 valence electrons. The highest BCUT2D eigenvalue weighted by Gasteiger charge is 2.38. The van der Waals surface area contributed by atoms with E-state index >= 15 is 0 Å². The van der Waals surface area contributed by atoms with Crippen LogP contribution in [-0.2, 0) is 17.8 Å². The summed E-state index contributed by atoms with van der Waals surface area (Å²) in [6.45, 7) is 11.6. The van der Waals surface area contributed by atoms with E-state index in [2.05, 4.69) is 42.8 Å². The predicted octanol–water partition coefficient (Wildman–Crippen LogP) is 2.76. The lowest BCUT2D eigenvalue weighted by molar-refractivity contribution is -0.122. The van der Waals surface area contributed by atoms with Gasteiger partial charge in [-0.2, -0.15) is 5.10 Å². The van der Waals surface area contributed by atoms with Crippen molar-refractivity contribution in [3.05, 3.63) is 17.0 Å². The van der Waals surface area contributed by atoms with E-state index in [0.29, 0.717) is 12.3 Å². The Morgan fingerprint density at radius 1 is 1.46 bits per heavy atom. The molecule has 0 aromatic carbocycles. The molecule has 0 spiro atoms. The van der Waals surface area contributed by atoms with Crippen LogP contribution in [0, 0.1) is 25.2 Å². The molecule has 1 aliphatic carbocycles. The summed E-state index contributed by atoms with van der Waals surface area (Å²) in [5.74, 6) is 0.634. The molecule has 1 aromatic heterocycles. The minimum absolute atomic E-state index is 0.0805. The number of aromatic nitrogens is 2. The Labute approximate surface area is 145 Å². The van der Waals surface area contributed by atoms with Crippen LogP contribution in [0.25, 0.3) is 0 Å². The molecule has 1 aromatic rings. The summed E-state index contributed by atoms with van der Waals surface area (Å²) in [7, 11) is 0. The largest absolute Gasteiger partial charge is 0.396 e. The average Bonchev–Trinajstić information content (AvgIpc) is 2.99. The summed E-state index contributed by atoms with van der Waals surface area (Å²) >= 11 is 0. The molecule has 1 aliphatic rings. The third kappa shape index (κ3) is 4.18. The Hall–Kier alpha value is -1.36. The number of nitrogens with one attached hydrogen (secondary N) is 1. The van der Waals surface area contributed by atoms with Crippen LogP contribution in [0.3, 0.4) is 0 Å². The molecule has 5 nitrogen and oxygen atoms in total. The van der Waals surface area contributed by atoms with Gasteiger partial charge in [-0.15, -0.1) is 0 Å². The Morgan fingerprint density at radius 3 is 2.79 bits per heavy atom. The highest BCUT2D eigenvalue weighted by atomic mass is 16.3. The number of aryl methyl sites for hydroxylation is 1. The minimum atomic E-state index is -0.163. The fourth-order valence-electron chi connectivity index (χ4n) is 3.79. The first-order valence-corrected chi connectivity index (χ1v) is 9.20. The maximum absolute atomic E-state index is 12.4. The second-order valence-electron chi connectivity index (χ2n) is 8.05. The number of rotatable bonds is 7. The second kappa shape index (κ2) is 7.68. The number of hydrogen-bond acceptors (Lipinski definition) is 3. The first-order chi connectivity index (χ1) is 11.3. The molecule has 24 heavy (non-hydrogen) atoms. The number of nitrogens with zero attached hydrogens (tertiary/aromatic N) is 2. The summed E-state index contributed by atoms with van der Waals surface area (Å²) < 4.78 is 2.06. The Balaban J connectivity index is 1.94. The SMILES string of the molecule is Cc1nn(CC(C)C)c(C)c1CCC(=O)NC1CCCC1(C)CO. The van der Waals surface area contributed by atoms with E-state index < -0.39 is 0 Å².